The normalized spacial score (nSPS) is 28.9. The number of ether oxygens (including phenoxy) is 2. The van der Waals surface area contributed by atoms with Gasteiger partial charge in [0.15, 0.2) is 11.5 Å². The largest absolute Gasteiger partial charge is 0.493 e. The van der Waals surface area contributed by atoms with Crippen LogP contribution in [0.1, 0.15) is 57.9 Å². The smallest absolute Gasteiger partial charge is 0.317 e. The number of H-pyrrole nitrogens is 1. The van der Waals surface area contributed by atoms with E-state index in [1.807, 2.05) is 11.8 Å². The molecule has 4 atom stereocenters. The lowest BCUT2D eigenvalue weighted by molar-refractivity contribution is -0.0256. The molecule has 2 saturated heterocycles. The van der Waals surface area contributed by atoms with Gasteiger partial charge in [0.25, 0.3) is 5.91 Å². The van der Waals surface area contributed by atoms with Crippen molar-refractivity contribution in [1.82, 2.24) is 25.0 Å². The number of hydrogen-bond acceptors (Lipinski definition) is 5. The molecule has 1 aromatic heterocycles. The number of hydrogen-bond donors (Lipinski definition) is 2. The van der Waals surface area contributed by atoms with Gasteiger partial charge in [-0.3, -0.25) is 4.79 Å². The molecule has 9 heteroatoms. The number of aromatic nitrogens is 1. The average molecular weight is 520 g/mol. The van der Waals surface area contributed by atoms with Crippen molar-refractivity contribution < 1.29 is 19.1 Å². The molecule has 3 amide bonds. The number of fused-ring (bicyclic) bond motifs is 2. The van der Waals surface area contributed by atoms with Gasteiger partial charge in [0, 0.05) is 49.7 Å². The number of likely N-dealkylation sites (N-methyl/N-ethyl adjacent to an activating group) is 1. The zero-order chi connectivity index (χ0) is 26.3. The van der Waals surface area contributed by atoms with Crippen LogP contribution in [0.2, 0.25) is 0 Å². The second kappa shape index (κ2) is 8.40. The molecular formula is C29H37N5O4. The first-order chi connectivity index (χ1) is 18.4. The summed E-state index contributed by atoms with van der Waals surface area (Å²) in [5, 5.41) is 2.86. The van der Waals surface area contributed by atoms with E-state index in [0.717, 1.165) is 48.6 Å². The summed E-state index contributed by atoms with van der Waals surface area (Å²) in [6, 6.07) is 4.68. The van der Waals surface area contributed by atoms with Crippen molar-refractivity contribution in [3.63, 3.8) is 0 Å². The van der Waals surface area contributed by atoms with Crippen molar-refractivity contribution in [1.29, 1.82) is 0 Å². The van der Waals surface area contributed by atoms with Crippen molar-refractivity contribution in [3.05, 3.63) is 45.8 Å². The number of likely N-dealkylation sites (tertiary alicyclic amines) is 1. The molecule has 7 rings (SSSR count). The van der Waals surface area contributed by atoms with Crippen LogP contribution in [-0.4, -0.2) is 91.1 Å². The first-order valence-electron chi connectivity index (χ1n) is 14.0. The first-order valence-corrected chi connectivity index (χ1v) is 14.0. The predicted octanol–water partition coefficient (Wildman–Crippen LogP) is 2.62. The van der Waals surface area contributed by atoms with Gasteiger partial charge in [0.05, 0.1) is 12.8 Å². The van der Waals surface area contributed by atoms with Crippen LogP contribution in [0.5, 0.6) is 11.5 Å². The van der Waals surface area contributed by atoms with Crippen molar-refractivity contribution in [2.24, 2.45) is 5.92 Å². The summed E-state index contributed by atoms with van der Waals surface area (Å²) >= 11 is 0. The van der Waals surface area contributed by atoms with Gasteiger partial charge in [-0.25, -0.2) is 4.79 Å². The second-order valence-electron chi connectivity index (χ2n) is 11.6. The lowest BCUT2D eigenvalue weighted by atomic mass is 9.51. The molecule has 5 aliphatic rings. The lowest BCUT2D eigenvalue weighted by Crippen LogP contribution is -2.62. The van der Waals surface area contributed by atoms with E-state index >= 15 is 0 Å². The molecule has 2 N–H and O–H groups in total. The fourth-order valence-electron chi connectivity index (χ4n) is 8.18. The van der Waals surface area contributed by atoms with Crippen LogP contribution in [0.25, 0.3) is 0 Å². The van der Waals surface area contributed by atoms with Crippen LogP contribution in [0.15, 0.2) is 12.1 Å². The van der Waals surface area contributed by atoms with Gasteiger partial charge in [-0.15, -0.1) is 0 Å². The summed E-state index contributed by atoms with van der Waals surface area (Å²) in [6.45, 7) is 7.79. The number of benzene rings is 1. The molecule has 1 unspecified atom stereocenters. The average Bonchev–Trinajstić information content (AvgIpc) is 3.45. The third kappa shape index (κ3) is 3.02. The number of piperazine rings is 1. The highest BCUT2D eigenvalue weighted by Crippen LogP contribution is 2.67. The maximum atomic E-state index is 13.8. The van der Waals surface area contributed by atoms with Crippen LogP contribution in [0.3, 0.4) is 0 Å². The van der Waals surface area contributed by atoms with Gasteiger partial charge in [-0.2, -0.15) is 0 Å². The highest BCUT2D eigenvalue weighted by molar-refractivity contribution is 5.95. The Morgan fingerprint density at radius 1 is 1.16 bits per heavy atom. The van der Waals surface area contributed by atoms with Gasteiger partial charge in [0.2, 0.25) is 0 Å². The molecule has 38 heavy (non-hydrogen) atoms. The Hall–Kier alpha value is -3.20. The van der Waals surface area contributed by atoms with E-state index in [1.165, 1.54) is 16.7 Å². The standard InChI is InChI=1S/C29H37N5O4/c1-5-30-28(36)34-12-10-33(11-13-34)27(35)23-16(2)18-15-19-20-14-17-6-7-21(37-4)25-22(17)29(19,8-9-32(20)3)26(38-25)24(18)31-23/h6-7,19-20,26,31H,5,8-15H2,1-4H3,(H,30,36)/t19?,20-,26+,29+/m1/s1. The molecule has 3 aliphatic heterocycles. The summed E-state index contributed by atoms with van der Waals surface area (Å²) in [5.74, 6) is 2.15. The van der Waals surface area contributed by atoms with E-state index in [0.29, 0.717) is 50.4 Å². The highest BCUT2D eigenvalue weighted by Gasteiger charge is 2.65. The molecule has 2 aromatic rings. The van der Waals surface area contributed by atoms with Crippen molar-refractivity contribution >= 4 is 11.9 Å². The minimum atomic E-state index is -0.146. The van der Waals surface area contributed by atoms with Crippen molar-refractivity contribution in [2.45, 2.75) is 50.7 Å². The van der Waals surface area contributed by atoms with Gasteiger partial charge < -0.3 is 34.5 Å². The van der Waals surface area contributed by atoms with Crippen molar-refractivity contribution in [3.8, 4) is 11.5 Å². The fraction of sp³-hybridized carbons (Fsp3) is 0.586. The Morgan fingerprint density at radius 2 is 1.92 bits per heavy atom. The molecule has 9 nitrogen and oxygen atoms in total. The Morgan fingerprint density at radius 3 is 2.66 bits per heavy atom. The van der Waals surface area contributed by atoms with Crippen LogP contribution >= 0.6 is 0 Å². The minimum Gasteiger partial charge on any atom is -0.493 e. The van der Waals surface area contributed by atoms with Crippen LogP contribution in [0.4, 0.5) is 4.79 Å². The third-order valence-electron chi connectivity index (χ3n) is 10.1. The van der Waals surface area contributed by atoms with E-state index in [2.05, 4.69) is 41.3 Å². The minimum absolute atomic E-state index is 0.0155. The van der Waals surface area contributed by atoms with Crippen molar-refractivity contribution in [2.75, 3.05) is 53.4 Å². The van der Waals surface area contributed by atoms with Gasteiger partial charge in [-0.1, -0.05) is 6.07 Å². The number of amides is 3. The van der Waals surface area contributed by atoms with Gasteiger partial charge >= 0.3 is 6.03 Å². The summed E-state index contributed by atoms with van der Waals surface area (Å²) < 4.78 is 12.6. The monoisotopic (exact) mass is 519 g/mol. The van der Waals surface area contributed by atoms with E-state index in [9.17, 15) is 9.59 Å². The SMILES string of the molecule is CCNC(=O)N1CCN(C(=O)c2[nH]c3c(c2C)CC2[C@H]4Cc5ccc(OC)c6c5[C@@]2(CCN4C)[C@H]3O6)CC1. The first kappa shape index (κ1) is 23.9. The molecule has 2 bridgehead atoms. The maximum absolute atomic E-state index is 13.8. The summed E-state index contributed by atoms with van der Waals surface area (Å²) in [5.41, 5.74) is 6.66. The number of urea groups is 1. The summed E-state index contributed by atoms with van der Waals surface area (Å²) in [4.78, 5) is 35.8. The summed E-state index contributed by atoms with van der Waals surface area (Å²) in [7, 11) is 3.97. The molecule has 2 fully saturated rings. The number of aromatic amines is 1. The van der Waals surface area contributed by atoms with Crippen LogP contribution < -0.4 is 14.8 Å². The molecule has 1 spiro atoms. The quantitative estimate of drug-likeness (QED) is 0.651. The van der Waals surface area contributed by atoms with Crippen LogP contribution in [-0.2, 0) is 18.3 Å². The Balaban J connectivity index is 1.25. The summed E-state index contributed by atoms with van der Waals surface area (Å²) in [6.07, 6.45) is 2.85. The Labute approximate surface area is 223 Å². The Bertz CT molecular complexity index is 1330. The predicted molar refractivity (Wildman–Crippen MR) is 142 cm³/mol. The number of carbonyl (C=O) groups excluding carboxylic acids is 2. The molecule has 202 valence electrons. The second-order valence-corrected chi connectivity index (χ2v) is 11.6. The molecule has 0 saturated carbocycles. The zero-order valence-electron chi connectivity index (χ0n) is 22.7. The number of methoxy groups -OCH3 is 1. The van der Waals surface area contributed by atoms with E-state index < -0.39 is 0 Å². The van der Waals surface area contributed by atoms with E-state index in [-0.39, 0.29) is 23.5 Å². The van der Waals surface area contributed by atoms with E-state index in [1.54, 1.807) is 12.0 Å². The number of nitrogens with zero attached hydrogens (tertiary/aromatic N) is 3. The number of nitrogens with one attached hydrogen (secondary N) is 2. The van der Waals surface area contributed by atoms with Gasteiger partial charge in [0.1, 0.15) is 11.8 Å². The molecule has 2 aliphatic carbocycles. The number of carbonyl (C=O) groups is 2. The molecule has 4 heterocycles. The number of piperidine rings is 1. The Kier molecular flexibility index (Phi) is 5.28. The topological polar surface area (TPSA) is 90.1 Å². The maximum Gasteiger partial charge on any atom is 0.317 e. The van der Waals surface area contributed by atoms with Crippen LogP contribution in [0, 0.1) is 12.8 Å². The highest BCUT2D eigenvalue weighted by atomic mass is 16.5. The van der Waals surface area contributed by atoms with Gasteiger partial charge in [-0.05, 0) is 75.4 Å². The van der Waals surface area contributed by atoms with E-state index in [4.69, 9.17) is 9.47 Å². The third-order valence-corrected chi connectivity index (χ3v) is 10.1. The fourth-order valence-corrected chi connectivity index (χ4v) is 8.18. The zero-order valence-corrected chi connectivity index (χ0v) is 22.7. The lowest BCUT2D eigenvalue weighted by Gasteiger charge is -2.57. The molecule has 0 radical (unpaired) electrons. The molecule has 1 aromatic carbocycles. The molecular weight excluding hydrogens is 482 g/mol. The number of rotatable bonds is 3.